The lowest BCUT2D eigenvalue weighted by molar-refractivity contribution is 0.520. The summed E-state index contributed by atoms with van der Waals surface area (Å²) in [6.07, 6.45) is 3.04. The first kappa shape index (κ1) is 18.1. The van der Waals surface area contributed by atoms with Gasteiger partial charge in [0.15, 0.2) is 0 Å². The van der Waals surface area contributed by atoms with Crippen LogP contribution < -0.4 is 10.6 Å². The molecule has 0 fully saturated rings. The highest BCUT2D eigenvalue weighted by atomic mass is 32.2. The van der Waals surface area contributed by atoms with Gasteiger partial charge in [0.05, 0.1) is 16.3 Å². The topological polar surface area (TPSA) is 66.6 Å². The van der Waals surface area contributed by atoms with Gasteiger partial charge in [-0.1, -0.05) is 6.92 Å². The Labute approximate surface area is 132 Å². The fraction of sp³-hybridized carbons (Fsp3) is 0.571. The molecule has 0 saturated heterocycles. The van der Waals surface area contributed by atoms with Gasteiger partial charge in [0, 0.05) is 32.9 Å². The minimum absolute atomic E-state index is 0.266. The van der Waals surface area contributed by atoms with E-state index in [-0.39, 0.29) is 4.90 Å². The maximum atomic E-state index is 12.2. The quantitative estimate of drug-likeness (QED) is 0.775. The van der Waals surface area contributed by atoms with Crippen LogP contribution in [-0.2, 0) is 10.0 Å². The SMILES string of the molecule is CCC(CSC)N(C)c1cc(S(=O)(=O)N(C)C)ccc1N. The van der Waals surface area contributed by atoms with Crippen molar-refractivity contribution in [2.75, 3.05) is 43.8 Å². The zero-order chi connectivity index (χ0) is 16.2. The van der Waals surface area contributed by atoms with Gasteiger partial charge in [-0.3, -0.25) is 0 Å². The van der Waals surface area contributed by atoms with Crippen LogP contribution in [0.15, 0.2) is 23.1 Å². The summed E-state index contributed by atoms with van der Waals surface area (Å²) in [5.74, 6) is 0.969. The van der Waals surface area contributed by atoms with Gasteiger partial charge in [0.25, 0.3) is 0 Å². The van der Waals surface area contributed by atoms with Crippen LogP contribution in [0.25, 0.3) is 0 Å². The van der Waals surface area contributed by atoms with Crippen molar-refractivity contribution in [2.24, 2.45) is 0 Å². The normalized spacial score (nSPS) is 13.4. The summed E-state index contributed by atoms with van der Waals surface area (Å²) in [6, 6.07) is 5.19. The first-order valence-electron chi connectivity index (χ1n) is 6.79. The van der Waals surface area contributed by atoms with Crippen LogP contribution in [0.1, 0.15) is 13.3 Å². The molecule has 0 radical (unpaired) electrons. The Morgan fingerprint density at radius 1 is 1.29 bits per heavy atom. The summed E-state index contributed by atoms with van der Waals surface area (Å²) in [5, 5.41) is 0. The molecule has 1 rings (SSSR count). The molecule has 0 heterocycles. The third-order valence-electron chi connectivity index (χ3n) is 3.54. The summed E-state index contributed by atoms with van der Waals surface area (Å²) in [4.78, 5) is 2.34. The third-order valence-corrected chi connectivity index (χ3v) is 6.07. The second kappa shape index (κ2) is 7.38. The molecule has 0 aliphatic rings. The number of benzene rings is 1. The number of hydrogen-bond donors (Lipinski definition) is 1. The van der Waals surface area contributed by atoms with E-state index in [1.54, 1.807) is 30.0 Å². The molecular formula is C14H25N3O2S2. The zero-order valence-electron chi connectivity index (χ0n) is 13.3. The summed E-state index contributed by atoms with van der Waals surface area (Å²) in [6.45, 7) is 2.12. The lowest BCUT2D eigenvalue weighted by Crippen LogP contribution is -2.34. The highest BCUT2D eigenvalue weighted by molar-refractivity contribution is 7.98. The van der Waals surface area contributed by atoms with Crippen molar-refractivity contribution in [3.05, 3.63) is 18.2 Å². The Balaban J connectivity index is 3.25. The Kier molecular flexibility index (Phi) is 6.37. The molecule has 21 heavy (non-hydrogen) atoms. The van der Waals surface area contributed by atoms with Crippen LogP contribution >= 0.6 is 11.8 Å². The molecule has 0 aliphatic carbocycles. The molecule has 1 aromatic rings. The summed E-state index contributed by atoms with van der Waals surface area (Å²) >= 11 is 1.77. The van der Waals surface area contributed by atoms with Crippen LogP contribution in [0, 0.1) is 0 Å². The molecule has 1 aromatic carbocycles. The summed E-state index contributed by atoms with van der Waals surface area (Å²) in [7, 11) is 1.56. The molecule has 7 heteroatoms. The van der Waals surface area contributed by atoms with Gasteiger partial charge in [-0.25, -0.2) is 12.7 Å². The molecule has 120 valence electrons. The molecule has 0 aliphatic heterocycles. The van der Waals surface area contributed by atoms with E-state index in [0.717, 1.165) is 17.9 Å². The van der Waals surface area contributed by atoms with Crippen molar-refractivity contribution in [1.29, 1.82) is 0 Å². The number of nitrogens with zero attached hydrogens (tertiary/aromatic N) is 2. The van der Waals surface area contributed by atoms with E-state index in [1.165, 1.54) is 18.4 Å². The molecule has 0 amide bonds. The Bertz CT molecular complexity index is 574. The van der Waals surface area contributed by atoms with Crippen molar-refractivity contribution in [1.82, 2.24) is 4.31 Å². The van der Waals surface area contributed by atoms with Crippen LogP contribution in [0.5, 0.6) is 0 Å². The number of nitrogen functional groups attached to an aromatic ring is 1. The van der Waals surface area contributed by atoms with Gasteiger partial charge >= 0.3 is 0 Å². The van der Waals surface area contributed by atoms with Crippen molar-refractivity contribution in [2.45, 2.75) is 24.3 Å². The van der Waals surface area contributed by atoms with Crippen molar-refractivity contribution < 1.29 is 8.42 Å². The first-order chi connectivity index (χ1) is 9.75. The number of hydrogen-bond acceptors (Lipinski definition) is 5. The average molecular weight is 332 g/mol. The highest BCUT2D eigenvalue weighted by Gasteiger charge is 2.21. The molecule has 1 atom stereocenters. The van der Waals surface area contributed by atoms with Crippen LogP contribution in [0.4, 0.5) is 11.4 Å². The fourth-order valence-corrected chi connectivity index (χ4v) is 3.86. The monoisotopic (exact) mass is 331 g/mol. The largest absolute Gasteiger partial charge is 0.397 e. The maximum absolute atomic E-state index is 12.2. The van der Waals surface area contributed by atoms with Crippen LogP contribution in [-0.4, -0.2) is 51.9 Å². The van der Waals surface area contributed by atoms with Gasteiger partial charge in [0.1, 0.15) is 0 Å². The highest BCUT2D eigenvalue weighted by Crippen LogP contribution is 2.29. The number of thioether (sulfide) groups is 1. The van der Waals surface area contributed by atoms with E-state index in [9.17, 15) is 8.42 Å². The third kappa shape index (κ3) is 4.05. The molecular weight excluding hydrogens is 306 g/mol. The Hall–Kier alpha value is -0.920. The van der Waals surface area contributed by atoms with E-state index in [1.807, 2.05) is 7.05 Å². The van der Waals surface area contributed by atoms with Crippen LogP contribution in [0.3, 0.4) is 0 Å². The van der Waals surface area contributed by atoms with Crippen molar-refractivity contribution >= 4 is 33.2 Å². The van der Waals surface area contributed by atoms with Crippen molar-refractivity contribution in [3.63, 3.8) is 0 Å². The lowest BCUT2D eigenvalue weighted by atomic mass is 10.2. The van der Waals surface area contributed by atoms with Gasteiger partial charge in [0.2, 0.25) is 10.0 Å². The molecule has 0 aromatic heterocycles. The Morgan fingerprint density at radius 2 is 1.90 bits per heavy atom. The molecule has 2 N–H and O–H groups in total. The van der Waals surface area contributed by atoms with Crippen LogP contribution in [0.2, 0.25) is 0 Å². The van der Waals surface area contributed by atoms with Crippen molar-refractivity contribution in [3.8, 4) is 0 Å². The number of anilines is 2. The van der Waals surface area contributed by atoms with E-state index in [4.69, 9.17) is 5.73 Å². The summed E-state index contributed by atoms with van der Waals surface area (Å²) < 4.78 is 25.7. The fourth-order valence-electron chi connectivity index (χ4n) is 2.09. The standard InChI is InChI=1S/C14H25N3O2S2/c1-6-11(10-20-5)17(4)14-9-12(7-8-13(14)15)21(18,19)16(2)3/h7-9,11H,6,10,15H2,1-5H3. The second-order valence-corrected chi connectivity index (χ2v) is 8.20. The predicted octanol–water partition coefficient (Wildman–Crippen LogP) is 2.10. The number of nitrogens with two attached hydrogens (primary N) is 1. The molecule has 5 nitrogen and oxygen atoms in total. The van der Waals surface area contributed by atoms with E-state index in [2.05, 4.69) is 18.1 Å². The average Bonchev–Trinajstić information content (AvgIpc) is 2.44. The molecule has 0 spiro atoms. The molecule has 0 saturated carbocycles. The Morgan fingerprint density at radius 3 is 2.38 bits per heavy atom. The van der Waals surface area contributed by atoms with Gasteiger partial charge in [-0.15, -0.1) is 0 Å². The smallest absolute Gasteiger partial charge is 0.242 e. The lowest BCUT2D eigenvalue weighted by Gasteiger charge is -2.30. The maximum Gasteiger partial charge on any atom is 0.242 e. The first-order valence-corrected chi connectivity index (χ1v) is 9.62. The van der Waals surface area contributed by atoms with E-state index < -0.39 is 10.0 Å². The molecule has 0 bridgehead atoms. The number of sulfonamides is 1. The second-order valence-electron chi connectivity index (χ2n) is 5.14. The van der Waals surface area contributed by atoms with Gasteiger partial charge in [-0.2, -0.15) is 11.8 Å². The minimum Gasteiger partial charge on any atom is -0.397 e. The van der Waals surface area contributed by atoms with E-state index >= 15 is 0 Å². The summed E-state index contributed by atoms with van der Waals surface area (Å²) in [5.41, 5.74) is 7.40. The molecule has 1 unspecified atom stereocenters. The van der Waals surface area contributed by atoms with E-state index in [0.29, 0.717) is 11.7 Å². The zero-order valence-corrected chi connectivity index (χ0v) is 15.0. The van der Waals surface area contributed by atoms with Gasteiger partial charge in [-0.05, 0) is 30.9 Å². The predicted molar refractivity (Wildman–Crippen MR) is 92.6 cm³/mol. The minimum atomic E-state index is -3.45. The van der Waals surface area contributed by atoms with Gasteiger partial charge < -0.3 is 10.6 Å². The number of rotatable bonds is 7.